The van der Waals surface area contributed by atoms with Gasteiger partial charge in [-0.3, -0.25) is 9.59 Å². The van der Waals surface area contributed by atoms with Crippen molar-refractivity contribution in [1.29, 1.82) is 0 Å². The number of halogens is 4. The number of carboxylic acid groups (broad SMARTS) is 2. The van der Waals surface area contributed by atoms with Crippen LogP contribution in [0.2, 0.25) is 0 Å². The van der Waals surface area contributed by atoms with E-state index in [1.54, 1.807) is 60.7 Å². The second-order valence-corrected chi connectivity index (χ2v) is 37.6. The van der Waals surface area contributed by atoms with Gasteiger partial charge in [-0.15, -0.1) is 0 Å². The molecule has 11 rings (SSSR count). The molecule has 2 amide bonds. The van der Waals surface area contributed by atoms with Crippen LogP contribution in [-0.2, 0) is 109 Å². The maximum Gasteiger partial charge on any atom is 0.339 e. The van der Waals surface area contributed by atoms with Crippen LogP contribution in [0.5, 0.6) is 23.0 Å². The van der Waals surface area contributed by atoms with Crippen LogP contribution >= 0.6 is 63.7 Å². The van der Waals surface area contributed by atoms with Crippen LogP contribution in [-0.4, -0.2) is 67.6 Å². The molecule has 0 radical (unpaired) electrons. The fourth-order valence-corrected chi connectivity index (χ4v) is 17.3. The quantitative estimate of drug-likeness (QED) is 0.0458. The van der Waals surface area contributed by atoms with E-state index in [2.05, 4.69) is 74.4 Å². The highest BCUT2D eigenvalue weighted by atomic mass is 79.9. The maximum absolute atomic E-state index is 15.3. The number of hydrogen-bond donors (Lipinski definition) is 4. The van der Waals surface area contributed by atoms with Gasteiger partial charge in [-0.2, -0.15) is 33.7 Å². The molecule has 1 aliphatic rings. The summed E-state index contributed by atoms with van der Waals surface area (Å²) in [5.41, 5.74) is -0.0673. The molecule has 10 aromatic rings. The Morgan fingerprint density at radius 1 is 0.352 bits per heavy atom. The number of carboxylic acids is 2. The highest BCUT2D eigenvalue weighted by Gasteiger charge is 2.35. The van der Waals surface area contributed by atoms with E-state index in [1.165, 1.54) is 146 Å². The molecule has 20 nitrogen and oxygen atoms in total. The molecule has 0 heterocycles. The van der Waals surface area contributed by atoms with Crippen LogP contribution < -0.4 is 27.4 Å². The van der Waals surface area contributed by atoms with Gasteiger partial charge in [0.2, 0.25) is 11.8 Å². The zero-order chi connectivity index (χ0) is 78.0. The molecule has 8 bridgehead atoms. The number of amides is 2. The zero-order valence-electron chi connectivity index (χ0n) is 58.6. The van der Waals surface area contributed by atoms with Crippen molar-refractivity contribution in [3.05, 3.63) is 302 Å². The average Bonchev–Trinajstić information content (AvgIpc) is 0.754. The van der Waals surface area contributed by atoms with Crippen LogP contribution in [0.15, 0.2) is 244 Å². The highest BCUT2D eigenvalue weighted by molar-refractivity contribution is 9.11. The monoisotopic (exact) mass is 1790 g/mol. The van der Waals surface area contributed by atoms with Gasteiger partial charge in [0.05, 0.1) is 12.8 Å². The number of nitrogens with one attached hydrogen (secondary N) is 2. The fourth-order valence-electron chi connectivity index (χ4n) is 12.2. The van der Waals surface area contributed by atoms with Crippen LogP contribution in [0.4, 0.5) is 0 Å². The van der Waals surface area contributed by atoms with Gasteiger partial charge >= 0.3 is 52.4 Å². The smallest absolute Gasteiger partial charge is 0.339 e. The molecule has 0 aliphatic heterocycles. The molecule has 0 saturated heterocycles. The van der Waals surface area contributed by atoms with E-state index in [1.807, 2.05) is 41.5 Å². The normalized spacial score (nSPS) is 13.3. The zero-order valence-corrected chi connectivity index (χ0v) is 68.2. The lowest BCUT2D eigenvalue weighted by atomic mass is 9.81. The van der Waals surface area contributed by atoms with Crippen LogP contribution in [0.25, 0.3) is 0 Å². The van der Waals surface area contributed by atoms with Gasteiger partial charge in [0.25, 0.3) is 0 Å². The van der Waals surface area contributed by atoms with Crippen molar-refractivity contribution in [2.75, 3.05) is 0 Å². The molecule has 0 aromatic heterocycles. The van der Waals surface area contributed by atoms with Gasteiger partial charge in [-0.05, 0) is 141 Å². The summed E-state index contributed by atoms with van der Waals surface area (Å²) in [7, 11) is -19.8. The standard InChI is InChI=1S/C80H70Br4N2O18S4/c1-79(2,3)59-43-55-39-51-33-47(37-69(87)85-71(77(89)90)49-13-9-7-10-14-49)35-53(73(51)101-105(93,94)65-25-17-61(81)18-26-65)41-57-45-60(80(4,5)6)46-58(76(57)104-108(99,100)68-31-23-64(84)24-32-68)42-54-36-48(38-70(88)86-72(78(91)92)50-15-11-8-12-16-50)34-52(74(54)102-106(95,96)66-27-19-62(82)20-28-66)40-56(44-59)75(55)103-107(97,98)67-29-21-63(83)22-30-67/h7-36,43-46,71-72H,37-42H2,1-6H3,(H,85,87)(H,86,88)(H,89,90)(H,91,92)/t71-,72-/m1/s1. The SMILES string of the molecule is CC(C)(C)c1cc2c(OS(=O)(=O)c3ccc(Br)cc3)c(c1)Cc1cc(CC(=O)N[C@@H](C(=O)O)c3ccccc3)cc(c1OS(=O)(=O)c1ccc(Br)cc1)Cc1cc(C(C)(C)C)cc(c1OS(=O)(=O)c1ccc(Br)cc1)Cc1cc(CC(=O)N[C@@H](C(=O)O)c3ccccc3)cc(c1OS(=O)(=O)c1ccc(Br)cc1)C2. The number of rotatable bonds is 22. The fraction of sp³-hybridized carbons (Fsp3) is 0.200. The molecule has 560 valence electrons. The second-order valence-electron chi connectivity index (χ2n) is 27.8. The summed E-state index contributed by atoms with van der Waals surface area (Å²) in [5, 5.41) is 26.4. The van der Waals surface area contributed by atoms with E-state index in [-0.39, 0.29) is 109 Å². The molecule has 0 fully saturated rings. The minimum atomic E-state index is -4.96. The molecule has 28 heteroatoms. The molecule has 0 unspecified atom stereocenters. The molecule has 108 heavy (non-hydrogen) atoms. The van der Waals surface area contributed by atoms with Gasteiger partial charge in [-0.1, -0.05) is 214 Å². The predicted molar refractivity (Wildman–Crippen MR) is 420 cm³/mol. The van der Waals surface area contributed by atoms with E-state index >= 15 is 33.7 Å². The average molecular weight is 1800 g/mol. The van der Waals surface area contributed by atoms with E-state index in [0.717, 1.165) is 0 Å². The van der Waals surface area contributed by atoms with Gasteiger partial charge in [-0.25, -0.2) is 9.59 Å². The third-order valence-electron chi connectivity index (χ3n) is 17.6. The summed E-state index contributed by atoms with van der Waals surface area (Å²) in [6.07, 6.45) is -3.33. The Morgan fingerprint density at radius 3 is 0.769 bits per heavy atom. The van der Waals surface area contributed by atoms with Gasteiger partial charge in [0, 0.05) is 88.1 Å². The summed E-state index contributed by atoms with van der Waals surface area (Å²) >= 11 is 13.5. The number of benzene rings is 10. The van der Waals surface area contributed by atoms with E-state index in [9.17, 15) is 29.4 Å². The van der Waals surface area contributed by atoms with Crippen molar-refractivity contribution in [1.82, 2.24) is 10.6 Å². The number of hydrogen-bond acceptors (Lipinski definition) is 16. The largest absolute Gasteiger partial charge is 0.479 e. The van der Waals surface area contributed by atoms with Crippen molar-refractivity contribution in [3.8, 4) is 23.0 Å². The topological polar surface area (TPSA) is 306 Å². The summed E-state index contributed by atoms with van der Waals surface area (Å²) < 4.78 is 150. The number of carbonyl (C=O) groups is 4. The first-order valence-corrected chi connectivity index (χ1v) is 42.2. The Balaban J connectivity index is 1.28. The van der Waals surface area contributed by atoms with Crippen molar-refractivity contribution < 1.29 is 79.8 Å². The van der Waals surface area contributed by atoms with Crippen molar-refractivity contribution >= 4 is 128 Å². The van der Waals surface area contributed by atoms with Gasteiger partial charge in [0.15, 0.2) is 12.1 Å². The Morgan fingerprint density at radius 2 is 0.565 bits per heavy atom. The minimum Gasteiger partial charge on any atom is -0.479 e. The number of fused-ring (bicyclic) bond motifs is 8. The molecule has 4 N–H and O–H groups in total. The lowest BCUT2D eigenvalue weighted by Crippen LogP contribution is -2.34. The molecule has 0 saturated carbocycles. The van der Waals surface area contributed by atoms with E-state index in [0.29, 0.717) is 29.0 Å². The first-order chi connectivity index (χ1) is 50.8. The van der Waals surface area contributed by atoms with E-state index < -0.39 is 126 Å². The summed E-state index contributed by atoms with van der Waals surface area (Å²) in [6.45, 7) is 11.2. The third kappa shape index (κ3) is 19.3. The predicted octanol–water partition coefficient (Wildman–Crippen LogP) is 16.0. The Labute approximate surface area is 660 Å². The van der Waals surface area contributed by atoms with Gasteiger partial charge in [0.1, 0.15) is 42.6 Å². The lowest BCUT2D eigenvalue weighted by Gasteiger charge is -2.27. The molecular weight excluding hydrogens is 1720 g/mol. The number of carbonyl (C=O) groups excluding carboxylic acids is 2. The highest BCUT2D eigenvalue weighted by Crippen LogP contribution is 2.46. The second kappa shape index (κ2) is 32.3. The molecule has 10 aromatic carbocycles. The third-order valence-corrected chi connectivity index (χ3v) is 24.7. The number of aliphatic carboxylic acids is 2. The van der Waals surface area contributed by atoms with Crippen LogP contribution in [0.3, 0.4) is 0 Å². The lowest BCUT2D eigenvalue weighted by molar-refractivity contribution is -0.142. The summed E-state index contributed by atoms with van der Waals surface area (Å²) in [5.74, 6) is -5.92. The molecular formula is C80H70Br4N2O18S4. The van der Waals surface area contributed by atoms with Crippen LogP contribution in [0, 0.1) is 0 Å². The Hall–Kier alpha value is -9.00. The van der Waals surface area contributed by atoms with Gasteiger partial charge < -0.3 is 37.6 Å². The Kier molecular flexibility index (Phi) is 23.9. The van der Waals surface area contributed by atoms with Crippen molar-refractivity contribution in [2.45, 2.75) is 123 Å². The molecule has 0 spiro atoms. The maximum atomic E-state index is 15.3. The summed E-state index contributed by atoms with van der Waals surface area (Å²) in [4.78, 5) is 54.2. The Bertz CT molecular complexity index is 5180. The minimum absolute atomic E-state index is 0.0293. The van der Waals surface area contributed by atoms with Crippen LogP contribution in [0.1, 0.15) is 132 Å². The van der Waals surface area contributed by atoms with Crippen molar-refractivity contribution in [3.63, 3.8) is 0 Å². The van der Waals surface area contributed by atoms with Crippen molar-refractivity contribution in [2.24, 2.45) is 0 Å². The first-order valence-electron chi connectivity index (χ1n) is 33.4. The van der Waals surface area contributed by atoms with E-state index in [4.69, 9.17) is 16.7 Å². The molecule has 1 aliphatic carbocycles. The summed E-state index contributed by atoms with van der Waals surface area (Å²) in [6, 6.07) is 47.3. The first kappa shape index (κ1) is 80.0. The molecule has 2 atom stereocenters.